The predicted octanol–water partition coefficient (Wildman–Crippen LogP) is 3.41. The molecule has 104 valence electrons. The van der Waals surface area contributed by atoms with Crippen molar-refractivity contribution >= 4 is 0 Å². The highest BCUT2D eigenvalue weighted by Crippen LogP contribution is 2.21. The molecule has 1 atom stereocenters. The molecule has 0 aliphatic carbocycles. The van der Waals surface area contributed by atoms with Crippen molar-refractivity contribution in [1.29, 1.82) is 0 Å². The average Bonchev–Trinajstić information content (AvgIpc) is 2.93. The van der Waals surface area contributed by atoms with Crippen LogP contribution in [0.2, 0.25) is 0 Å². The summed E-state index contributed by atoms with van der Waals surface area (Å²) in [7, 11) is 0. The highest BCUT2D eigenvalue weighted by molar-refractivity contribution is 5.11. The first-order valence-electron chi connectivity index (χ1n) is 6.90. The van der Waals surface area contributed by atoms with E-state index in [1.165, 1.54) is 0 Å². The first-order valence-corrected chi connectivity index (χ1v) is 6.90. The minimum atomic E-state index is 0.121. The predicted molar refractivity (Wildman–Crippen MR) is 77.3 cm³/mol. The van der Waals surface area contributed by atoms with Crippen LogP contribution in [0.25, 0.3) is 0 Å². The summed E-state index contributed by atoms with van der Waals surface area (Å²) in [6.45, 7) is 11.8. The van der Waals surface area contributed by atoms with Gasteiger partial charge < -0.3 is 4.57 Å². The van der Waals surface area contributed by atoms with Crippen LogP contribution < -0.4 is 0 Å². The molecule has 0 aliphatic rings. The van der Waals surface area contributed by atoms with E-state index < -0.39 is 0 Å². The topological polar surface area (TPSA) is 46.5 Å². The second-order valence-corrected chi connectivity index (χ2v) is 6.41. The lowest BCUT2D eigenvalue weighted by Gasteiger charge is -2.14. The van der Waals surface area contributed by atoms with Crippen molar-refractivity contribution in [3.05, 3.63) is 35.7 Å². The number of aromatic amines is 1. The van der Waals surface area contributed by atoms with Gasteiger partial charge in [-0.05, 0) is 19.4 Å². The van der Waals surface area contributed by atoms with Gasteiger partial charge in [-0.2, -0.15) is 5.10 Å². The fourth-order valence-corrected chi connectivity index (χ4v) is 2.05. The minimum Gasteiger partial charge on any atom is -0.337 e. The van der Waals surface area contributed by atoms with Gasteiger partial charge in [-0.15, -0.1) is 0 Å². The van der Waals surface area contributed by atoms with Crippen molar-refractivity contribution in [2.45, 2.75) is 58.9 Å². The van der Waals surface area contributed by atoms with Crippen LogP contribution in [0.3, 0.4) is 0 Å². The Morgan fingerprint density at radius 3 is 2.63 bits per heavy atom. The number of rotatable bonds is 4. The van der Waals surface area contributed by atoms with Crippen LogP contribution in [0.5, 0.6) is 0 Å². The maximum Gasteiger partial charge on any atom is 0.0949 e. The molecule has 2 heterocycles. The number of nitrogens with one attached hydrogen (secondary N) is 1. The maximum absolute atomic E-state index is 4.48. The largest absolute Gasteiger partial charge is 0.337 e. The van der Waals surface area contributed by atoms with Gasteiger partial charge in [0.25, 0.3) is 0 Å². The molecular formula is C15H24N4. The molecule has 2 rings (SSSR count). The molecule has 1 unspecified atom stereocenters. The van der Waals surface area contributed by atoms with E-state index in [1.54, 1.807) is 0 Å². The third-order valence-corrected chi connectivity index (χ3v) is 3.45. The Morgan fingerprint density at radius 2 is 2.11 bits per heavy atom. The minimum absolute atomic E-state index is 0.121. The van der Waals surface area contributed by atoms with Crippen LogP contribution in [-0.2, 0) is 12.0 Å². The van der Waals surface area contributed by atoms with Gasteiger partial charge in [0.1, 0.15) is 0 Å². The molecular weight excluding hydrogens is 236 g/mol. The Hall–Kier alpha value is -1.58. The summed E-state index contributed by atoms with van der Waals surface area (Å²) in [4.78, 5) is 4.48. The highest BCUT2D eigenvalue weighted by atomic mass is 15.1. The molecule has 0 saturated heterocycles. The van der Waals surface area contributed by atoms with Gasteiger partial charge in [-0.25, -0.2) is 4.98 Å². The van der Waals surface area contributed by atoms with Gasteiger partial charge in [0.2, 0.25) is 0 Å². The van der Waals surface area contributed by atoms with Crippen LogP contribution in [0, 0.1) is 6.92 Å². The van der Waals surface area contributed by atoms with Crippen LogP contribution in [0.4, 0.5) is 0 Å². The van der Waals surface area contributed by atoms with Crippen molar-refractivity contribution < 1.29 is 0 Å². The van der Waals surface area contributed by atoms with E-state index in [-0.39, 0.29) is 5.41 Å². The lowest BCUT2D eigenvalue weighted by Crippen LogP contribution is -2.11. The lowest BCUT2D eigenvalue weighted by molar-refractivity contribution is 0.556. The van der Waals surface area contributed by atoms with E-state index in [1.807, 2.05) is 13.3 Å². The number of aryl methyl sites for hydroxylation is 2. The molecule has 0 radical (unpaired) electrons. The summed E-state index contributed by atoms with van der Waals surface area (Å²) in [6, 6.07) is 2.12. The maximum atomic E-state index is 4.48. The fourth-order valence-electron chi connectivity index (χ4n) is 2.05. The van der Waals surface area contributed by atoms with E-state index in [0.717, 1.165) is 30.0 Å². The Labute approximate surface area is 115 Å². The van der Waals surface area contributed by atoms with Crippen LogP contribution >= 0.6 is 0 Å². The molecule has 4 nitrogen and oxygen atoms in total. The second-order valence-electron chi connectivity index (χ2n) is 6.41. The summed E-state index contributed by atoms with van der Waals surface area (Å²) >= 11 is 0. The van der Waals surface area contributed by atoms with Crippen molar-refractivity contribution in [2.75, 3.05) is 0 Å². The summed E-state index contributed by atoms with van der Waals surface area (Å²) in [5, 5.41) is 7.33. The third-order valence-electron chi connectivity index (χ3n) is 3.45. The van der Waals surface area contributed by atoms with E-state index in [0.29, 0.717) is 5.92 Å². The standard InChI is InChI=1S/C15H24N4/c1-11(13-8-12(2)17-18-13)6-7-19-9-14(16-10-19)15(3,4)5/h8-11H,6-7H2,1-5H3,(H,17,18). The van der Waals surface area contributed by atoms with Crippen LogP contribution in [0.15, 0.2) is 18.6 Å². The average molecular weight is 260 g/mol. The zero-order valence-electron chi connectivity index (χ0n) is 12.6. The van der Waals surface area contributed by atoms with E-state index >= 15 is 0 Å². The number of hydrogen-bond donors (Lipinski definition) is 1. The molecule has 4 heteroatoms. The van der Waals surface area contributed by atoms with E-state index in [9.17, 15) is 0 Å². The van der Waals surface area contributed by atoms with Crippen molar-refractivity contribution in [3.8, 4) is 0 Å². The molecule has 0 saturated carbocycles. The Kier molecular flexibility index (Phi) is 3.78. The molecule has 0 bridgehead atoms. The van der Waals surface area contributed by atoms with Crippen LogP contribution in [0.1, 0.15) is 57.1 Å². The zero-order chi connectivity index (χ0) is 14.0. The van der Waals surface area contributed by atoms with Crippen molar-refractivity contribution in [3.63, 3.8) is 0 Å². The van der Waals surface area contributed by atoms with Crippen molar-refractivity contribution in [1.82, 2.24) is 19.7 Å². The first kappa shape index (κ1) is 13.8. The molecule has 1 N–H and O–H groups in total. The monoisotopic (exact) mass is 260 g/mol. The van der Waals surface area contributed by atoms with Gasteiger partial charge in [-0.3, -0.25) is 5.10 Å². The number of nitrogens with zero attached hydrogens (tertiary/aromatic N) is 3. The van der Waals surface area contributed by atoms with Gasteiger partial charge in [0.05, 0.1) is 17.7 Å². The highest BCUT2D eigenvalue weighted by Gasteiger charge is 2.17. The van der Waals surface area contributed by atoms with Gasteiger partial charge in [-0.1, -0.05) is 27.7 Å². The Morgan fingerprint density at radius 1 is 1.37 bits per heavy atom. The van der Waals surface area contributed by atoms with Gasteiger partial charge >= 0.3 is 0 Å². The third kappa shape index (κ3) is 3.46. The van der Waals surface area contributed by atoms with E-state index in [2.05, 4.69) is 59.7 Å². The summed E-state index contributed by atoms with van der Waals surface area (Å²) in [5.74, 6) is 0.463. The summed E-state index contributed by atoms with van der Waals surface area (Å²) in [5.41, 5.74) is 3.54. The quantitative estimate of drug-likeness (QED) is 0.915. The fraction of sp³-hybridized carbons (Fsp3) is 0.600. The second kappa shape index (κ2) is 5.19. The Bertz CT molecular complexity index is 530. The molecule has 2 aromatic heterocycles. The molecule has 0 fully saturated rings. The van der Waals surface area contributed by atoms with Crippen molar-refractivity contribution in [2.24, 2.45) is 0 Å². The van der Waals surface area contributed by atoms with Crippen LogP contribution in [-0.4, -0.2) is 19.7 Å². The lowest BCUT2D eigenvalue weighted by atomic mass is 9.93. The van der Waals surface area contributed by atoms with Gasteiger partial charge in [0, 0.05) is 29.8 Å². The Balaban J connectivity index is 1.94. The summed E-state index contributed by atoms with van der Waals surface area (Å²) < 4.78 is 2.18. The smallest absolute Gasteiger partial charge is 0.0949 e. The normalized spacial score (nSPS) is 13.7. The summed E-state index contributed by atoms with van der Waals surface area (Å²) in [6.07, 6.45) is 5.16. The zero-order valence-corrected chi connectivity index (χ0v) is 12.6. The first-order chi connectivity index (χ1) is 8.86. The molecule has 19 heavy (non-hydrogen) atoms. The number of H-pyrrole nitrogens is 1. The molecule has 0 spiro atoms. The SMILES string of the molecule is Cc1cc(C(C)CCn2cnc(C(C)(C)C)c2)n[nH]1. The molecule has 0 amide bonds. The van der Waals surface area contributed by atoms with Gasteiger partial charge in [0.15, 0.2) is 0 Å². The number of hydrogen-bond acceptors (Lipinski definition) is 2. The molecule has 0 aliphatic heterocycles. The number of imidazole rings is 1. The number of aromatic nitrogens is 4. The molecule has 0 aromatic carbocycles. The van der Waals surface area contributed by atoms with E-state index in [4.69, 9.17) is 0 Å². The molecule has 2 aromatic rings.